The summed E-state index contributed by atoms with van der Waals surface area (Å²) in [5.41, 5.74) is -0.474. The van der Waals surface area contributed by atoms with Crippen LogP contribution < -0.4 is 10.2 Å². The molecule has 0 aliphatic carbocycles. The van der Waals surface area contributed by atoms with E-state index in [1.54, 1.807) is 11.1 Å². The molecular formula is C16H24N4O2. The zero-order valence-corrected chi connectivity index (χ0v) is 13.5. The topological polar surface area (TPSA) is 65.5 Å². The van der Waals surface area contributed by atoms with Crippen molar-refractivity contribution in [2.24, 2.45) is 5.41 Å². The standard InChI is InChI=1S/C16H24N4O2/c1-16(2,3)15(22)18-12-14(21)20-10-8-19(9-11-20)13-6-4-5-7-17-13/h4-7H,8-12H2,1-3H3,(H,18,22). The Balaban J connectivity index is 1.79. The van der Waals surface area contributed by atoms with Gasteiger partial charge in [0, 0.05) is 37.8 Å². The lowest BCUT2D eigenvalue weighted by Crippen LogP contribution is -2.52. The van der Waals surface area contributed by atoms with Gasteiger partial charge in [0.2, 0.25) is 11.8 Å². The molecular weight excluding hydrogens is 280 g/mol. The average Bonchev–Trinajstić information content (AvgIpc) is 2.52. The largest absolute Gasteiger partial charge is 0.353 e. The van der Waals surface area contributed by atoms with Crippen molar-refractivity contribution in [2.75, 3.05) is 37.6 Å². The van der Waals surface area contributed by atoms with Gasteiger partial charge in [0.05, 0.1) is 6.54 Å². The van der Waals surface area contributed by atoms with Crippen molar-refractivity contribution in [3.05, 3.63) is 24.4 Å². The first-order chi connectivity index (χ1) is 10.4. The second-order valence-electron chi connectivity index (χ2n) is 6.49. The predicted molar refractivity (Wildman–Crippen MR) is 85.5 cm³/mol. The van der Waals surface area contributed by atoms with Crippen LogP contribution in [0.2, 0.25) is 0 Å². The highest BCUT2D eigenvalue weighted by atomic mass is 16.2. The fourth-order valence-corrected chi connectivity index (χ4v) is 2.26. The van der Waals surface area contributed by atoms with E-state index in [9.17, 15) is 9.59 Å². The lowest BCUT2D eigenvalue weighted by Gasteiger charge is -2.35. The summed E-state index contributed by atoms with van der Waals surface area (Å²) in [5.74, 6) is 0.807. The third-order valence-corrected chi connectivity index (χ3v) is 3.69. The van der Waals surface area contributed by atoms with Gasteiger partial charge in [-0.2, -0.15) is 0 Å². The van der Waals surface area contributed by atoms with Gasteiger partial charge < -0.3 is 15.1 Å². The Labute approximate surface area is 131 Å². The van der Waals surface area contributed by atoms with Gasteiger partial charge in [-0.3, -0.25) is 9.59 Å². The summed E-state index contributed by atoms with van der Waals surface area (Å²) in [6, 6.07) is 5.82. The molecule has 6 nitrogen and oxygen atoms in total. The first-order valence-corrected chi connectivity index (χ1v) is 7.60. The Bertz CT molecular complexity index is 517. The van der Waals surface area contributed by atoms with Crippen molar-refractivity contribution in [1.82, 2.24) is 15.2 Å². The maximum atomic E-state index is 12.1. The van der Waals surface area contributed by atoms with Crippen LogP contribution in [-0.2, 0) is 9.59 Å². The molecule has 1 aliphatic rings. The number of carbonyl (C=O) groups excluding carboxylic acids is 2. The number of rotatable bonds is 3. The van der Waals surface area contributed by atoms with E-state index in [0.717, 1.165) is 18.9 Å². The molecule has 0 bridgehead atoms. The molecule has 1 aromatic heterocycles. The molecule has 22 heavy (non-hydrogen) atoms. The van der Waals surface area contributed by atoms with E-state index in [-0.39, 0.29) is 18.4 Å². The number of nitrogens with zero attached hydrogens (tertiary/aromatic N) is 3. The molecule has 1 aromatic rings. The number of anilines is 1. The summed E-state index contributed by atoms with van der Waals surface area (Å²) in [6.45, 7) is 8.39. The number of amides is 2. The van der Waals surface area contributed by atoms with Crippen LogP contribution >= 0.6 is 0 Å². The summed E-state index contributed by atoms with van der Waals surface area (Å²) in [7, 11) is 0. The monoisotopic (exact) mass is 304 g/mol. The van der Waals surface area contributed by atoms with Gasteiger partial charge in [-0.25, -0.2) is 4.98 Å². The van der Waals surface area contributed by atoms with E-state index >= 15 is 0 Å². The minimum absolute atomic E-state index is 0.0294. The smallest absolute Gasteiger partial charge is 0.242 e. The maximum absolute atomic E-state index is 12.1. The summed E-state index contributed by atoms with van der Waals surface area (Å²) >= 11 is 0. The molecule has 0 radical (unpaired) electrons. The second kappa shape index (κ2) is 6.77. The van der Waals surface area contributed by atoms with Crippen LogP contribution in [0, 0.1) is 5.41 Å². The van der Waals surface area contributed by atoms with E-state index in [1.807, 2.05) is 39.0 Å². The highest BCUT2D eigenvalue weighted by Crippen LogP contribution is 2.13. The van der Waals surface area contributed by atoms with Crippen molar-refractivity contribution < 1.29 is 9.59 Å². The molecule has 2 amide bonds. The van der Waals surface area contributed by atoms with E-state index in [2.05, 4.69) is 15.2 Å². The van der Waals surface area contributed by atoms with Gasteiger partial charge in [-0.05, 0) is 12.1 Å². The lowest BCUT2D eigenvalue weighted by molar-refractivity contribution is -0.135. The van der Waals surface area contributed by atoms with E-state index in [1.165, 1.54) is 0 Å². The van der Waals surface area contributed by atoms with Crippen molar-refractivity contribution in [1.29, 1.82) is 0 Å². The number of piperazine rings is 1. The Morgan fingerprint density at radius 3 is 2.41 bits per heavy atom. The second-order valence-corrected chi connectivity index (χ2v) is 6.49. The molecule has 1 fully saturated rings. The molecule has 2 rings (SSSR count). The van der Waals surface area contributed by atoms with Gasteiger partial charge >= 0.3 is 0 Å². The third-order valence-electron chi connectivity index (χ3n) is 3.69. The van der Waals surface area contributed by atoms with Crippen LogP contribution in [0.1, 0.15) is 20.8 Å². The van der Waals surface area contributed by atoms with Crippen LogP contribution in [0.3, 0.4) is 0 Å². The SMILES string of the molecule is CC(C)(C)C(=O)NCC(=O)N1CCN(c2ccccn2)CC1. The summed E-state index contributed by atoms with van der Waals surface area (Å²) in [4.78, 5) is 32.2. The van der Waals surface area contributed by atoms with Gasteiger partial charge in [0.1, 0.15) is 5.82 Å². The maximum Gasteiger partial charge on any atom is 0.242 e. The quantitative estimate of drug-likeness (QED) is 0.901. The van der Waals surface area contributed by atoms with E-state index < -0.39 is 5.41 Å². The van der Waals surface area contributed by atoms with Crippen LogP contribution in [0.5, 0.6) is 0 Å². The normalized spacial score (nSPS) is 15.6. The number of aromatic nitrogens is 1. The van der Waals surface area contributed by atoms with Crippen molar-refractivity contribution in [3.63, 3.8) is 0 Å². The number of nitrogens with one attached hydrogen (secondary N) is 1. The number of carbonyl (C=O) groups is 2. The van der Waals surface area contributed by atoms with Gasteiger partial charge in [-0.15, -0.1) is 0 Å². The van der Waals surface area contributed by atoms with E-state index in [4.69, 9.17) is 0 Å². The molecule has 1 N–H and O–H groups in total. The van der Waals surface area contributed by atoms with Gasteiger partial charge in [0.25, 0.3) is 0 Å². The molecule has 120 valence electrons. The number of hydrogen-bond acceptors (Lipinski definition) is 4. The molecule has 1 saturated heterocycles. The Hall–Kier alpha value is -2.11. The zero-order chi connectivity index (χ0) is 16.2. The first-order valence-electron chi connectivity index (χ1n) is 7.60. The van der Waals surface area contributed by atoms with Gasteiger partial charge in [0.15, 0.2) is 0 Å². The Morgan fingerprint density at radius 1 is 1.18 bits per heavy atom. The zero-order valence-electron chi connectivity index (χ0n) is 13.5. The fourth-order valence-electron chi connectivity index (χ4n) is 2.26. The number of hydrogen-bond donors (Lipinski definition) is 1. The average molecular weight is 304 g/mol. The summed E-state index contributed by atoms with van der Waals surface area (Å²) in [6.07, 6.45) is 1.77. The molecule has 6 heteroatoms. The molecule has 1 aliphatic heterocycles. The Morgan fingerprint density at radius 2 is 1.86 bits per heavy atom. The van der Waals surface area contributed by atoms with Crippen molar-refractivity contribution >= 4 is 17.6 Å². The van der Waals surface area contributed by atoms with Crippen molar-refractivity contribution in [2.45, 2.75) is 20.8 Å². The first kappa shape index (κ1) is 16.3. The van der Waals surface area contributed by atoms with E-state index in [0.29, 0.717) is 13.1 Å². The Kier molecular flexibility index (Phi) is 5.00. The molecule has 0 unspecified atom stereocenters. The fraction of sp³-hybridized carbons (Fsp3) is 0.562. The number of pyridine rings is 1. The van der Waals surface area contributed by atoms with Crippen LogP contribution in [0.15, 0.2) is 24.4 Å². The van der Waals surface area contributed by atoms with Crippen LogP contribution in [0.25, 0.3) is 0 Å². The molecule has 0 atom stereocenters. The summed E-state index contributed by atoms with van der Waals surface area (Å²) < 4.78 is 0. The third kappa shape index (κ3) is 4.19. The molecule has 2 heterocycles. The minimum Gasteiger partial charge on any atom is -0.353 e. The highest BCUT2D eigenvalue weighted by Gasteiger charge is 2.24. The summed E-state index contributed by atoms with van der Waals surface area (Å²) in [5, 5.41) is 2.71. The molecule has 0 saturated carbocycles. The highest BCUT2D eigenvalue weighted by molar-refractivity contribution is 5.87. The molecule has 0 spiro atoms. The predicted octanol–water partition coefficient (Wildman–Crippen LogP) is 0.892. The van der Waals surface area contributed by atoms with Crippen LogP contribution in [-0.4, -0.2) is 54.4 Å². The molecule has 0 aromatic carbocycles. The van der Waals surface area contributed by atoms with Gasteiger partial charge in [-0.1, -0.05) is 26.8 Å². The minimum atomic E-state index is -0.474. The van der Waals surface area contributed by atoms with Crippen molar-refractivity contribution in [3.8, 4) is 0 Å². The van der Waals surface area contributed by atoms with Crippen LogP contribution in [0.4, 0.5) is 5.82 Å². The lowest BCUT2D eigenvalue weighted by atomic mass is 9.96.